The summed E-state index contributed by atoms with van der Waals surface area (Å²) in [5.41, 5.74) is 11.4. The van der Waals surface area contributed by atoms with Crippen LogP contribution in [0.4, 0.5) is 0 Å². The SMILES string of the molecule is Brc1ccc([C](=[Zr+2])c2ccc(Br)cc2)cc1.CC(C)(C)c1c[c-]c2c(c1)-c1cc(C(C)(C)C)ccc1C2.[C-]1=CC=CC1.[Cl-].[Cl-]. The summed E-state index contributed by atoms with van der Waals surface area (Å²) in [6.07, 6.45) is 11.0. The number of allylic oxidation sites excluding steroid dienone is 4. The molecule has 0 amide bonds. The molecule has 0 unspecified atom stereocenters. The Kier molecular flexibility index (Phi) is 15.0. The Balaban J connectivity index is 0.000000260. The second kappa shape index (κ2) is 17.0. The van der Waals surface area contributed by atoms with Crippen molar-refractivity contribution in [2.45, 2.75) is 65.2 Å². The van der Waals surface area contributed by atoms with Crippen molar-refractivity contribution >= 4 is 35.1 Å². The number of benzene rings is 4. The third-order valence-electron chi connectivity index (χ3n) is 7.38. The Bertz CT molecular complexity index is 1490. The maximum absolute atomic E-state index is 3.53. The van der Waals surface area contributed by atoms with Gasteiger partial charge in [-0.25, -0.2) is 12.2 Å². The smallest absolute Gasteiger partial charge is 0.0132 e. The fraction of sp³-hybridized carbons (Fsp3) is 0.256. The molecule has 0 bridgehead atoms. The molecule has 0 nitrogen and oxygen atoms in total. The minimum atomic E-state index is 0. The average molecular weight is 829 g/mol. The molecule has 0 aliphatic heterocycles. The Morgan fingerprint density at radius 3 is 1.66 bits per heavy atom. The first kappa shape index (κ1) is 38.8. The fourth-order valence-corrected chi connectivity index (χ4v) is 6.07. The fourth-order valence-electron chi connectivity index (χ4n) is 4.72. The molecule has 0 atom stereocenters. The van der Waals surface area contributed by atoms with Crippen LogP contribution >= 0.6 is 31.9 Å². The van der Waals surface area contributed by atoms with Crippen molar-refractivity contribution in [2.75, 3.05) is 0 Å². The molecule has 2 aliphatic carbocycles. The summed E-state index contributed by atoms with van der Waals surface area (Å²) in [5.74, 6) is 0. The molecule has 0 saturated heterocycles. The first-order valence-corrected chi connectivity index (χ1v) is 17.2. The topological polar surface area (TPSA) is 0 Å². The van der Waals surface area contributed by atoms with Gasteiger partial charge in [0.05, 0.1) is 0 Å². The molecule has 6 rings (SSSR count). The molecule has 228 valence electrons. The van der Waals surface area contributed by atoms with Gasteiger partial charge in [-0.1, -0.05) is 76.3 Å². The van der Waals surface area contributed by atoms with Gasteiger partial charge in [-0.05, 0) is 17.4 Å². The Morgan fingerprint density at radius 2 is 1.23 bits per heavy atom. The van der Waals surface area contributed by atoms with Gasteiger partial charge < -0.3 is 24.8 Å². The van der Waals surface area contributed by atoms with E-state index in [0.29, 0.717) is 0 Å². The number of fused-ring (bicyclic) bond motifs is 3. The standard InChI is InChI=1S/C21H25.C13H8Br2.C5H5.2ClH.Zr/c1-20(2,3)16-9-7-14-11-15-8-10-17(21(4,5)6)13-19(15)18(14)12-16;14-12-5-1-10(2-6-12)9-11-3-7-13(15)8-4-11;1-2-4-5-3-1;;;/h7,9-10,12-13H,11H2,1-6H3;1-8H;1-3H,4H2;2*1H;/q-1;;-1;;;+2/p-2. The Hall–Kier alpha value is -1.35. The number of rotatable bonds is 2. The van der Waals surface area contributed by atoms with E-state index in [1.807, 2.05) is 12.2 Å². The van der Waals surface area contributed by atoms with Crippen LogP contribution in [0.15, 0.2) is 106 Å². The first-order valence-electron chi connectivity index (χ1n) is 14.3. The summed E-state index contributed by atoms with van der Waals surface area (Å²) in [6, 6.07) is 32.0. The molecular weight excluding hydrogens is 790 g/mol. The third-order valence-corrected chi connectivity index (χ3v) is 9.85. The van der Waals surface area contributed by atoms with Gasteiger partial charge in [0.1, 0.15) is 0 Å². The maximum atomic E-state index is 3.53. The van der Waals surface area contributed by atoms with Gasteiger partial charge in [0, 0.05) is 0 Å². The summed E-state index contributed by atoms with van der Waals surface area (Å²) < 4.78 is 3.62. The van der Waals surface area contributed by atoms with Crippen molar-refractivity contribution in [3.63, 3.8) is 0 Å². The van der Waals surface area contributed by atoms with Crippen LogP contribution in [0.1, 0.15) is 81.3 Å². The van der Waals surface area contributed by atoms with E-state index in [1.54, 1.807) is 0 Å². The Morgan fingerprint density at radius 1 is 0.705 bits per heavy atom. The van der Waals surface area contributed by atoms with E-state index >= 15 is 0 Å². The van der Waals surface area contributed by atoms with Gasteiger partial charge in [0.25, 0.3) is 0 Å². The zero-order chi connectivity index (χ0) is 30.5. The monoisotopic (exact) mass is 824 g/mol. The molecule has 5 heteroatoms. The number of hydrogen-bond acceptors (Lipinski definition) is 0. The van der Waals surface area contributed by atoms with E-state index in [1.165, 1.54) is 71.9 Å². The van der Waals surface area contributed by atoms with Crippen LogP contribution in [0.2, 0.25) is 0 Å². The summed E-state index contributed by atoms with van der Waals surface area (Å²) >= 11 is 8.34. The van der Waals surface area contributed by atoms with E-state index in [0.717, 1.165) is 21.8 Å². The second-order valence-corrected chi connectivity index (χ2v) is 15.8. The van der Waals surface area contributed by atoms with Crippen molar-refractivity contribution in [1.82, 2.24) is 0 Å². The molecule has 0 saturated carbocycles. The van der Waals surface area contributed by atoms with E-state index < -0.39 is 0 Å². The van der Waals surface area contributed by atoms with Crippen molar-refractivity contribution < 1.29 is 49.0 Å². The summed E-state index contributed by atoms with van der Waals surface area (Å²) in [6.45, 7) is 13.6. The largest absolute Gasteiger partial charge is 1.00 e. The molecule has 0 spiro atoms. The van der Waals surface area contributed by atoms with Crippen LogP contribution in [0.25, 0.3) is 11.1 Å². The minimum Gasteiger partial charge on any atom is -1.00 e. The zero-order valence-electron chi connectivity index (χ0n) is 26.2. The maximum Gasteiger partial charge on any atom is -0.0132 e. The molecule has 0 heterocycles. The molecule has 0 N–H and O–H groups in total. The van der Waals surface area contributed by atoms with Gasteiger partial charge in [-0.3, -0.25) is 6.08 Å². The first-order chi connectivity index (χ1) is 19.8. The number of halogens is 4. The van der Waals surface area contributed by atoms with Crippen molar-refractivity contribution in [1.29, 1.82) is 0 Å². The molecule has 4 aromatic carbocycles. The van der Waals surface area contributed by atoms with Crippen LogP contribution in [0.5, 0.6) is 0 Å². The van der Waals surface area contributed by atoms with Gasteiger partial charge >= 0.3 is 128 Å². The van der Waals surface area contributed by atoms with Crippen LogP contribution in [0.3, 0.4) is 0 Å². The van der Waals surface area contributed by atoms with Crippen molar-refractivity contribution in [2.24, 2.45) is 0 Å². The van der Waals surface area contributed by atoms with E-state index in [4.69, 9.17) is 0 Å². The minimum absolute atomic E-state index is 0. The van der Waals surface area contributed by atoms with Crippen LogP contribution in [-0.4, -0.2) is 3.21 Å². The molecule has 0 aromatic heterocycles. The predicted octanol–water partition coefficient (Wildman–Crippen LogP) is 5.29. The third kappa shape index (κ3) is 10.6. The van der Waals surface area contributed by atoms with Crippen LogP contribution in [-0.2, 0) is 41.5 Å². The van der Waals surface area contributed by atoms with Crippen molar-refractivity contribution in [3.8, 4) is 11.1 Å². The summed E-state index contributed by atoms with van der Waals surface area (Å²) in [4.78, 5) is 0. The van der Waals surface area contributed by atoms with Gasteiger partial charge in [-0.15, -0.1) is 12.0 Å². The Labute approximate surface area is 309 Å². The van der Waals surface area contributed by atoms with Gasteiger partial charge in [-0.2, -0.15) is 35.4 Å². The second-order valence-electron chi connectivity index (χ2n) is 12.7. The molecule has 0 fully saturated rings. The van der Waals surface area contributed by atoms with E-state index in [2.05, 4.69) is 170 Å². The normalized spacial score (nSPS) is 12.4. The average Bonchev–Trinajstić information content (AvgIpc) is 3.64. The molecular formula is C39H38Br2Cl2Zr-2. The van der Waals surface area contributed by atoms with Crippen molar-refractivity contribution in [3.05, 3.63) is 152 Å². The molecule has 2 aliphatic rings. The van der Waals surface area contributed by atoms with E-state index in [9.17, 15) is 0 Å². The molecule has 44 heavy (non-hydrogen) atoms. The molecule has 4 aromatic rings. The summed E-state index contributed by atoms with van der Waals surface area (Å²) in [7, 11) is 0. The predicted molar refractivity (Wildman–Crippen MR) is 184 cm³/mol. The van der Waals surface area contributed by atoms with E-state index in [-0.39, 0.29) is 35.6 Å². The molecule has 0 radical (unpaired) electrons. The van der Waals surface area contributed by atoms with Crippen LogP contribution in [0, 0.1) is 12.1 Å². The van der Waals surface area contributed by atoms with Gasteiger partial charge in [0.15, 0.2) is 0 Å². The quantitative estimate of drug-likeness (QED) is 0.213. The van der Waals surface area contributed by atoms with Crippen LogP contribution < -0.4 is 24.8 Å². The number of hydrogen-bond donors (Lipinski definition) is 0. The van der Waals surface area contributed by atoms with Gasteiger partial charge in [0.2, 0.25) is 0 Å². The zero-order valence-corrected chi connectivity index (χ0v) is 33.3. The summed E-state index contributed by atoms with van der Waals surface area (Å²) in [5, 5.41) is 0.